The van der Waals surface area contributed by atoms with Crippen molar-refractivity contribution >= 4 is 11.9 Å². The van der Waals surface area contributed by atoms with Gasteiger partial charge in [0.2, 0.25) is 0 Å². The van der Waals surface area contributed by atoms with Crippen LogP contribution in [0.3, 0.4) is 0 Å². The molecule has 2 rings (SSSR count). The summed E-state index contributed by atoms with van der Waals surface area (Å²) in [5.41, 5.74) is 1.03. The number of benzene rings is 2. The van der Waals surface area contributed by atoms with Gasteiger partial charge < -0.3 is 9.64 Å². The van der Waals surface area contributed by atoms with Crippen molar-refractivity contribution in [1.82, 2.24) is 4.90 Å². The molecule has 0 aliphatic rings. The van der Waals surface area contributed by atoms with E-state index in [1.54, 1.807) is 55.6 Å². The minimum Gasteiger partial charge on any atom is -0.441 e. The number of carbonyl (C=O) groups excluding carboxylic acids is 2. The highest BCUT2D eigenvalue weighted by molar-refractivity contribution is 5.94. The number of hydrogen-bond donors (Lipinski definition) is 0. The van der Waals surface area contributed by atoms with E-state index >= 15 is 0 Å². The van der Waals surface area contributed by atoms with Crippen molar-refractivity contribution < 1.29 is 14.3 Å². The second kappa shape index (κ2) is 6.52. The van der Waals surface area contributed by atoms with Gasteiger partial charge in [-0.25, -0.2) is 4.79 Å². The van der Waals surface area contributed by atoms with Gasteiger partial charge in [-0.3, -0.25) is 4.79 Å². The Kier molecular flexibility index (Phi) is 4.50. The standard InChI is InChI=1S/C16H15NO3/c1-17(15(18)13-8-4-2-5-9-13)12-20-16(19)14-10-6-3-7-11-14/h2-11H,12H2,1H3. The molecule has 0 aromatic heterocycles. The zero-order chi connectivity index (χ0) is 14.4. The molecule has 0 saturated heterocycles. The third kappa shape index (κ3) is 3.45. The van der Waals surface area contributed by atoms with Crippen LogP contribution in [0.4, 0.5) is 0 Å². The van der Waals surface area contributed by atoms with Crippen LogP contribution in [0.25, 0.3) is 0 Å². The predicted molar refractivity (Wildman–Crippen MR) is 75.3 cm³/mol. The SMILES string of the molecule is CN(COC(=O)c1ccccc1)C(=O)c1ccccc1. The van der Waals surface area contributed by atoms with E-state index in [0.29, 0.717) is 11.1 Å². The van der Waals surface area contributed by atoms with E-state index < -0.39 is 5.97 Å². The van der Waals surface area contributed by atoms with Crippen LogP contribution < -0.4 is 0 Å². The lowest BCUT2D eigenvalue weighted by molar-refractivity contribution is 0.0260. The van der Waals surface area contributed by atoms with Gasteiger partial charge in [-0.05, 0) is 24.3 Å². The highest BCUT2D eigenvalue weighted by atomic mass is 16.5. The first-order valence-corrected chi connectivity index (χ1v) is 6.21. The van der Waals surface area contributed by atoms with Crippen LogP contribution in [0.2, 0.25) is 0 Å². The molecule has 0 aliphatic heterocycles. The van der Waals surface area contributed by atoms with Gasteiger partial charge in [0, 0.05) is 12.6 Å². The molecule has 0 aliphatic carbocycles. The highest BCUT2D eigenvalue weighted by Crippen LogP contribution is 2.05. The van der Waals surface area contributed by atoms with Crippen molar-refractivity contribution in [3.8, 4) is 0 Å². The van der Waals surface area contributed by atoms with Crippen molar-refractivity contribution in [2.24, 2.45) is 0 Å². The van der Waals surface area contributed by atoms with E-state index in [9.17, 15) is 9.59 Å². The second-order valence-corrected chi connectivity index (χ2v) is 4.30. The molecule has 0 radical (unpaired) electrons. The molecule has 20 heavy (non-hydrogen) atoms. The number of ether oxygens (including phenoxy) is 1. The van der Waals surface area contributed by atoms with Crippen LogP contribution in [0, 0.1) is 0 Å². The maximum atomic E-state index is 12.0. The lowest BCUT2D eigenvalue weighted by atomic mass is 10.2. The van der Waals surface area contributed by atoms with Gasteiger partial charge >= 0.3 is 5.97 Å². The van der Waals surface area contributed by atoms with E-state index in [4.69, 9.17) is 4.74 Å². The van der Waals surface area contributed by atoms with Gasteiger partial charge in [0.25, 0.3) is 5.91 Å². The number of nitrogens with zero attached hydrogens (tertiary/aromatic N) is 1. The van der Waals surface area contributed by atoms with Gasteiger partial charge in [-0.1, -0.05) is 36.4 Å². The third-order valence-corrected chi connectivity index (χ3v) is 2.77. The third-order valence-electron chi connectivity index (χ3n) is 2.77. The minimum absolute atomic E-state index is 0.0819. The number of hydrogen-bond acceptors (Lipinski definition) is 3. The zero-order valence-corrected chi connectivity index (χ0v) is 11.2. The zero-order valence-electron chi connectivity index (χ0n) is 11.2. The number of amides is 1. The fourth-order valence-electron chi connectivity index (χ4n) is 1.67. The first-order valence-electron chi connectivity index (χ1n) is 6.21. The summed E-state index contributed by atoms with van der Waals surface area (Å²) in [6, 6.07) is 17.5. The van der Waals surface area contributed by atoms with Crippen LogP contribution >= 0.6 is 0 Å². The minimum atomic E-state index is -0.446. The second-order valence-electron chi connectivity index (χ2n) is 4.30. The summed E-state index contributed by atoms with van der Waals surface area (Å²) in [5.74, 6) is -0.634. The maximum absolute atomic E-state index is 12.0. The summed E-state index contributed by atoms with van der Waals surface area (Å²) < 4.78 is 5.10. The van der Waals surface area contributed by atoms with Gasteiger partial charge in [0.1, 0.15) is 0 Å². The predicted octanol–water partition coefficient (Wildman–Crippen LogP) is 2.57. The van der Waals surface area contributed by atoms with Gasteiger partial charge in [-0.2, -0.15) is 0 Å². The van der Waals surface area contributed by atoms with Crippen LogP contribution in [-0.4, -0.2) is 30.6 Å². The molecule has 4 heteroatoms. The topological polar surface area (TPSA) is 46.6 Å². The molecule has 0 spiro atoms. The smallest absolute Gasteiger partial charge is 0.339 e. The average molecular weight is 269 g/mol. The summed E-state index contributed by atoms with van der Waals surface area (Å²) in [4.78, 5) is 25.1. The molecule has 0 atom stereocenters. The molecular formula is C16H15NO3. The molecule has 102 valence electrons. The molecule has 0 unspecified atom stereocenters. The van der Waals surface area contributed by atoms with Gasteiger partial charge in [0.15, 0.2) is 6.73 Å². The number of rotatable bonds is 4. The van der Waals surface area contributed by atoms with Gasteiger partial charge in [-0.15, -0.1) is 0 Å². The molecule has 2 aromatic carbocycles. The summed E-state index contributed by atoms with van der Waals surface area (Å²) in [5, 5.41) is 0. The van der Waals surface area contributed by atoms with E-state index in [1.165, 1.54) is 4.90 Å². The Balaban J connectivity index is 1.91. The van der Waals surface area contributed by atoms with E-state index in [0.717, 1.165) is 0 Å². The molecule has 0 N–H and O–H groups in total. The van der Waals surface area contributed by atoms with Crippen molar-refractivity contribution in [1.29, 1.82) is 0 Å². The fourth-order valence-corrected chi connectivity index (χ4v) is 1.67. The van der Waals surface area contributed by atoms with E-state index in [2.05, 4.69) is 0 Å². The summed E-state index contributed by atoms with van der Waals surface area (Å²) in [6.45, 7) is -0.0819. The van der Waals surface area contributed by atoms with Crippen LogP contribution in [0.5, 0.6) is 0 Å². The Hall–Kier alpha value is -2.62. The van der Waals surface area contributed by atoms with E-state index in [1.807, 2.05) is 12.1 Å². The lowest BCUT2D eigenvalue weighted by Gasteiger charge is -2.17. The Morgan fingerprint density at radius 2 is 1.40 bits per heavy atom. The number of esters is 1. The van der Waals surface area contributed by atoms with Crippen molar-refractivity contribution in [2.75, 3.05) is 13.8 Å². The average Bonchev–Trinajstić information content (AvgIpc) is 2.53. The van der Waals surface area contributed by atoms with Crippen LogP contribution in [0.15, 0.2) is 60.7 Å². The summed E-state index contributed by atoms with van der Waals surface area (Å²) >= 11 is 0. The van der Waals surface area contributed by atoms with E-state index in [-0.39, 0.29) is 12.6 Å². The molecule has 4 nitrogen and oxygen atoms in total. The summed E-state index contributed by atoms with van der Waals surface area (Å²) in [7, 11) is 1.59. The Morgan fingerprint density at radius 1 is 0.900 bits per heavy atom. The highest BCUT2D eigenvalue weighted by Gasteiger charge is 2.13. The molecular weight excluding hydrogens is 254 g/mol. The summed E-state index contributed by atoms with van der Waals surface area (Å²) in [6.07, 6.45) is 0. The van der Waals surface area contributed by atoms with Crippen molar-refractivity contribution in [2.45, 2.75) is 0 Å². The largest absolute Gasteiger partial charge is 0.441 e. The first kappa shape index (κ1) is 13.8. The molecule has 0 fully saturated rings. The van der Waals surface area contributed by atoms with Crippen LogP contribution in [-0.2, 0) is 4.74 Å². The van der Waals surface area contributed by atoms with Crippen molar-refractivity contribution in [3.05, 3.63) is 71.8 Å². The first-order chi connectivity index (χ1) is 9.68. The lowest BCUT2D eigenvalue weighted by Crippen LogP contribution is -2.30. The van der Waals surface area contributed by atoms with Gasteiger partial charge in [0.05, 0.1) is 5.56 Å². The maximum Gasteiger partial charge on any atom is 0.339 e. The van der Waals surface area contributed by atoms with Crippen LogP contribution in [0.1, 0.15) is 20.7 Å². The molecule has 1 amide bonds. The molecule has 0 heterocycles. The fraction of sp³-hybridized carbons (Fsp3) is 0.125. The quantitative estimate of drug-likeness (QED) is 0.633. The Morgan fingerprint density at radius 3 is 1.95 bits per heavy atom. The molecule has 2 aromatic rings. The normalized spacial score (nSPS) is 9.85. The Bertz CT molecular complexity index is 581. The monoisotopic (exact) mass is 269 g/mol. The molecule has 0 saturated carbocycles. The molecule has 0 bridgehead atoms. The Labute approximate surface area is 117 Å². The van der Waals surface area contributed by atoms with Crippen molar-refractivity contribution in [3.63, 3.8) is 0 Å². The number of carbonyl (C=O) groups is 2.